The van der Waals surface area contributed by atoms with E-state index in [9.17, 15) is 0 Å². The molecule has 0 saturated heterocycles. The van der Waals surface area contributed by atoms with Gasteiger partial charge in [0.25, 0.3) is 0 Å². The predicted octanol–water partition coefficient (Wildman–Crippen LogP) is 3.68. The first-order valence-corrected chi connectivity index (χ1v) is 7.10. The van der Waals surface area contributed by atoms with Crippen LogP contribution in [-0.4, -0.2) is 18.5 Å². The first-order valence-electron chi connectivity index (χ1n) is 6.72. The van der Waals surface area contributed by atoms with Crippen molar-refractivity contribution in [3.05, 3.63) is 29.8 Å². The van der Waals surface area contributed by atoms with Crippen LogP contribution in [0.1, 0.15) is 43.6 Å². The maximum atomic E-state index is 6.84. The highest BCUT2D eigenvalue weighted by atomic mass is 35.5. The number of rotatable bonds is 4. The Morgan fingerprint density at radius 2 is 1.83 bits per heavy atom. The summed E-state index contributed by atoms with van der Waals surface area (Å²) in [5, 5.41) is 0. The number of benzene rings is 1. The van der Waals surface area contributed by atoms with Gasteiger partial charge >= 0.3 is 0 Å². The summed E-state index contributed by atoms with van der Waals surface area (Å²) in [5.41, 5.74) is 7.21. The summed E-state index contributed by atoms with van der Waals surface area (Å²) in [7, 11) is 1.68. The predicted molar refractivity (Wildman–Crippen MR) is 76.5 cm³/mol. The van der Waals surface area contributed by atoms with Crippen LogP contribution < -0.4 is 10.5 Å². The molecule has 0 heterocycles. The maximum absolute atomic E-state index is 6.84. The molecule has 3 heteroatoms. The fourth-order valence-corrected chi connectivity index (χ4v) is 3.45. The van der Waals surface area contributed by atoms with E-state index in [-0.39, 0.29) is 10.8 Å². The number of ether oxygens (including phenoxy) is 1. The summed E-state index contributed by atoms with van der Waals surface area (Å²) in [5.74, 6) is 1.12. The van der Waals surface area contributed by atoms with Crippen molar-refractivity contribution >= 4 is 11.6 Å². The van der Waals surface area contributed by atoms with E-state index in [1.165, 1.54) is 24.8 Å². The second-order valence-electron chi connectivity index (χ2n) is 5.16. The molecule has 1 atom stereocenters. The molecule has 1 aliphatic carbocycles. The monoisotopic (exact) mass is 267 g/mol. The lowest BCUT2D eigenvalue weighted by atomic mass is 9.76. The Hall–Kier alpha value is -0.730. The van der Waals surface area contributed by atoms with E-state index in [0.717, 1.165) is 18.6 Å². The number of alkyl halides is 1. The highest BCUT2D eigenvalue weighted by Gasteiger charge is 2.37. The van der Waals surface area contributed by atoms with Gasteiger partial charge in [0.1, 0.15) is 5.75 Å². The molecule has 0 amide bonds. The molecule has 0 aliphatic heterocycles. The van der Waals surface area contributed by atoms with Crippen LogP contribution in [0, 0.1) is 0 Å². The summed E-state index contributed by atoms with van der Waals surface area (Å²) in [6.07, 6.45) is 5.88. The fourth-order valence-electron chi connectivity index (χ4n) is 2.97. The van der Waals surface area contributed by atoms with Gasteiger partial charge in [-0.1, -0.05) is 31.4 Å². The molecule has 1 aliphatic rings. The highest BCUT2D eigenvalue weighted by molar-refractivity contribution is 6.24. The van der Waals surface area contributed by atoms with Crippen LogP contribution in [0.5, 0.6) is 5.75 Å². The Morgan fingerprint density at radius 3 is 2.33 bits per heavy atom. The molecule has 0 aromatic heterocycles. The average molecular weight is 268 g/mol. The van der Waals surface area contributed by atoms with Gasteiger partial charge in [0.05, 0.1) is 12.0 Å². The second-order valence-corrected chi connectivity index (χ2v) is 5.91. The molecule has 0 spiro atoms. The number of methoxy groups -OCH3 is 1. The van der Waals surface area contributed by atoms with E-state index in [4.69, 9.17) is 22.1 Å². The van der Waals surface area contributed by atoms with E-state index >= 15 is 0 Å². The van der Waals surface area contributed by atoms with Crippen LogP contribution in [0.25, 0.3) is 0 Å². The van der Waals surface area contributed by atoms with Crippen LogP contribution in [0.4, 0.5) is 0 Å². The highest BCUT2D eigenvalue weighted by Crippen LogP contribution is 2.44. The molecule has 1 aromatic rings. The Morgan fingerprint density at radius 1 is 1.22 bits per heavy atom. The molecular weight excluding hydrogens is 246 g/mol. The zero-order valence-electron chi connectivity index (χ0n) is 11.0. The summed E-state index contributed by atoms with van der Waals surface area (Å²) in [4.78, 5) is -0.151. The summed E-state index contributed by atoms with van der Waals surface area (Å²) >= 11 is 6.84. The lowest BCUT2D eigenvalue weighted by molar-refractivity contribution is 0.338. The minimum atomic E-state index is -0.151. The second kappa shape index (κ2) is 5.94. The number of nitrogens with two attached hydrogens (primary N) is 1. The molecule has 1 saturated carbocycles. The minimum Gasteiger partial charge on any atom is -0.497 e. The van der Waals surface area contributed by atoms with Crippen molar-refractivity contribution < 1.29 is 4.74 Å². The van der Waals surface area contributed by atoms with Crippen molar-refractivity contribution in [3.8, 4) is 5.75 Å². The fraction of sp³-hybridized carbons (Fsp3) is 0.600. The lowest BCUT2D eigenvalue weighted by Gasteiger charge is -2.38. The summed E-state index contributed by atoms with van der Waals surface area (Å²) in [6, 6.07) is 8.16. The van der Waals surface area contributed by atoms with Gasteiger partial charge in [-0.15, -0.1) is 11.6 Å². The number of halogens is 1. The molecular formula is C15H22ClNO. The van der Waals surface area contributed by atoms with Crippen molar-refractivity contribution in [1.82, 2.24) is 0 Å². The largest absolute Gasteiger partial charge is 0.497 e. The van der Waals surface area contributed by atoms with E-state index in [0.29, 0.717) is 6.54 Å². The van der Waals surface area contributed by atoms with Crippen LogP contribution >= 0.6 is 11.6 Å². The van der Waals surface area contributed by atoms with Crippen molar-refractivity contribution in [2.75, 3.05) is 13.7 Å². The SMILES string of the molecule is COc1ccc(C(CN)C2(Cl)CCCCC2)cc1. The van der Waals surface area contributed by atoms with Gasteiger partial charge in [-0.05, 0) is 30.5 Å². The van der Waals surface area contributed by atoms with Gasteiger partial charge in [0.15, 0.2) is 0 Å². The van der Waals surface area contributed by atoms with Gasteiger partial charge in [-0.25, -0.2) is 0 Å². The Bertz CT molecular complexity index is 371. The van der Waals surface area contributed by atoms with Crippen molar-refractivity contribution in [1.29, 1.82) is 0 Å². The van der Waals surface area contributed by atoms with Gasteiger partial charge in [-0.2, -0.15) is 0 Å². The van der Waals surface area contributed by atoms with Crippen LogP contribution in [0.3, 0.4) is 0 Å². The molecule has 1 fully saturated rings. The third kappa shape index (κ3) is 2.81. The van der Waals surface area contributed by atoms with Crippen molar-refractivity contribution in [2.45, 2.75) is 42.9 Å². The van der Waals surface area contributed by atoms with Gasteiger partial charge in [-0.3, -0.25) is 0 Å². The van der Waals surface area contributed by atoms with Crippen LogP contribution in [-0.2, 0) is 0 Å². The Kier molecular flexibility index (Phi) is 4.52. The van der Waals surface area contributed by atoms with Crippen molar-refractivity contribution in [3.63, 3.8) is 0 Å². The molecule has 0 bridgehead atoms. The zero-order valence-corrected chi connectivity index (χ0v) is 11.7. The molecule has 100 valence electrons. The summed E-state index contributed by atoms with van der Waals surface area (Å²) in [6.45, 7) is 0.607. The normalized spacial score (nSPS) is 20.4. The van der Waals surface area contributed by atoms with E-state index in [2.05, 4.69) is 12.1 Å². The van der Waals surface area contributed by atoms with Gasteiger partial charge in [0, 0.05) is 12.5 Å². The smallest absolute Gasteiger partial charge is 0.118 e. The third-order valence-corrected chi connectivity index (χ3v) is 4.70. The average Bonchev–Trinajstić information content (AvgIpc) is 2.41. The molecule has 18 heavy (non-hydrogen) atoms. The van der Waals surface area contributed by atoms with Crippen molar-refractivity contribution in [2.24, 2.45) is 5.73 Å². The van der Waals surface area contributed by atoms with Crippen LogP contribution in [0.2, 0.25) is 0 Å². The molecule has 0 radical (unpaired) electrons. The lowest BCUT2D eigenvalue weighted by Crippen LogP contribution is -2.37. The topological polar surface area (TPSA) is 35.2 Å². The first kappa shape index (κ1) is 13.7. The number of hydrogen-bond acceptors (Lipinski definition) is 2. The third-order valence-electron chi connectivity index (χ3n) is 4.06. The minimum absolute atomic E-state index is 0.151. The quantitative estimate of drug-likeness (QED) is 0.845. The van der Waals surface area contributed by atoms with Crippen LogP contribution in [0.15, 0.2) is 24.3 Å². The Labute approximate surface area is 114 Å². The van der Waals surface area contributed by atoms with Gasteiger partial charge in [0.2, 0.25) is 0 Å². The zero-order chi connectivity index (χ0) is 13.0. The van der Waals surface area contributed by atoms with Gasteiger partial charge < -0.3 is 10.5 Å². The molecule has 2 nitrogen and oxygen atoms in total. The molecule has 1 unspecified atom stereocenters. The van der Waals surface area contributed by atoms with E-state index in [1.54, 1.807) is 7.11 Å². The van der Waals surface area contributed by atoms with E-state index < -0.39 is 0 Å². The summed E-state index contributed by atoms with van der Waals surface area (Å²) < 4.78 is 5.19. The molecule has 2 rings (SSSR count). The Balaban J connectivity index is 2.20. The molecule has 2 N–H and O–H groups in total. The maximum Gasteiger partial charge on any atom is 0.118 e. The first-order chi connectivity index (χ1) is 8.69. The molecule has 1 aromatic carbocycles. The number of hydrogen-bond donors (Lipinski definition) is 1. The van der Waals surface area contributed by atoms with E-state index in [1.807, 2.05) is 12.1 Å². The standard InChI is InChI=1S/C15H22ClNO/c1-18-13-7-5-12(6-8-13)14(11-17)15(16)9-3-2-4-10-15/h5-8,14H,2-4,9-11,17H2,1H3.